The van der Waals surface area contributed by atoms with Gasteiger partial charge in [0.05, 0.1) is 6.04 Å². The van der Waals surface area contributed by atoms with E-state index in [-0.39, 0.29) is 5.13 Å². The van der Waals surface area contributed by atoms with Gasteiger partial charge in [0.25, 0.3) is 0 Å². The molecule has 98 valence electrons. The van der Waals surface area contributed by atoms with Crippen LogP contribution in [0.3, 0.4) is 0 Å². The van der Waals surface area contributed by atoms with Gasteiger partial charge in [0.1, 0.15) is 0 Å². The topological polar surface area (TPSA) is 40.5 Å². The number of benzene rings is 1. The van der Waals surface area contributed by atoms with Gasteiger partial charge in [-0.2, -0.15) is 4.39 Å². The molecule has 1 aliphatic heterocycles. The highest BCUT2D eigenvalue weighted by molar-refractivity contribution is 7.10. The van der Waals surface area contributed by atoms with Crippen molar-refractivity contribution in [2.45, 2.75) is 12.5 Å². The third-order valence-corrected chi connectivity index (χ3v) is 4.36. The first-order valence-corrected chi connectivity index (χ1v) is 6.81. The van der Waals surface area contributed by atoms with E-state index in [9.17, 15) is 14.3 Å². The van der Waals surface area contributed by atoms with Crippen LogP contribution in [-0.4, -0.2) is 22.6 Å². The molecule has 1 aromatic carbocycles. The summed E-state index contributed by atoms with van der Waals surface area (Å²) in [7, 11) is 0. The van der Waals surface area contributed by atoms with Crippen LogP contribution in [0.1, 0.15) is 22.0 Å². The molecule has 3 nitrogen and oxygen atoms in total. The molecule has 1 aromatic heterocycles. The predicted molar refractivity (Wildman–Crippen MR) is 71.0 cm³/mol. The van der Waals surface area contributed by atoms with E-state index in [4.69, 9.17) is 0 Å². The molecule has 2 aromatic rings. The lowest BCUT2D eigenvalue weighted by atomic mass is 9.94. The van der Waals surface area contributed by atoms with E-state index >= 15 is 0 Å². The largest absolute Gasteiger partial charge is 0.465 e. The van der Waals surface area contributed by atoms with Gasteiger partial charge in [-0.3, -0.25) is 4.90 Å². The minimum absolute atomic E-state index is 0.252. The summed E-state index contributed by atoms with van der Waals surface area (Å²) in [6, 6.07) is 10.4. The van der Waals surface area contributed by atoms with Crippen molar-refractivity contribution >= 4 is 17.4 Å². The zero-order valence-corrected chi connectivity index (χ0v) is 10.9. The van der Waals surface area contributed by atoms with Crippen molar-refractivity contribution in [3.8, 4) is 0 Å². The number of halogens is 1. The number of hydrogen-bond acceptors (Lipinski definition) is 2. The monoisotopic (exact) mass is 277 g/mol. The maximum atomic E-state index is 13.5. The first-order valence-electron chi connectivity index (χ1n) is 5.99. The van der Waals surface area contributed by atoms with E-state index in [2.05, 4.69) is 0 Å². The van der Waals surface area contributed by atoms with Gasteiger partial charge < -0.3 is 5.11 Å². The molecule has 1 unspecified atom stereocenters. The van der Waals surface area contributed by atoms with Crippen molar-refractivity contribution in [1.82, 2.24) is 4.90 Å². The smallest absolute Gasteiger partial charge is 0.408 e. The van der Waals surface area contributed by atoms with Crippen molar-refractivity contribution < 1.29 is 14.3 Å². The molecule has 5 heteroatoms. The molecule has 0 radical (unpaired) electrons. The van der Waals surface area contributed by atoms with Crippen molar-refractivity contribution in [3.63, 3.8) is 0 Å². The third-order valence-electron chi connectivity index (χ3n) is 3.36. The van der Waals surface area contributed by atoms with E-state index in [1.807, 2.05) is 30.3 Å². The highest BCUT2D eigenvalue weighted by Gasteiger charge is 2.33. The number of amides is 1. The highest BCUT2D eigenvalue weighted by atomic mass is 32.1. The number of nitrogens with zero attached hydrogens (tertiary/aromatic N) is 1. The molecule has 2 heterocycles. The van der Waals surface area contributed by atoms with Gasteiger partial charge in [-0.1, -0.05) is 30.3 Å². The third kappa shape index (κ3) is 2.10. The van der Waals surface area contributed by atoms with Gasteiger partial charge in [0.15, 0.2) is 5.13 Å². The summed E-state index contributed by atoms with van der Waals surface area (Å²) in [6.07, 6.45) is -0.384. The summed E-state index contributed by atoms with van der Waals surface area (Å²) in [5.74, 6) is 0. The second-order valence-corrected chi connectivity index (χ2v) is 5.56. The van der Waals surface area contributed by atoms with Gasteiger partial charge in [0.2, 0.25) is 0 Å². The molecule has 1 amide bonds. The number of rotatable bonds is 1. The Hall–Kier alpha value is -1.88. The average molecular weight is 277 g/mol. The quantitative estimate of drug-likeness (QED) is 0.866. The molecule has 0 bridgehead atoms. The fourth-order valence-corrected chi connectivity index (χ4v) is 3.46. The lowest BCUT2D eigenvalue weighted by molar-refractivity contribution is 0.129. The Morgan fingerprint density at radius 2 is 2.11 bits per heavy atom. The summed E-state index contributed by atoms with van der Waals surface area (Å²) in [4.78, 5) is 13.7. The van der Waals surface area contributed by atoms with Crippen molar-refractivity contribution in [2.24, 2.45) is 0 Å². The van der Waals surface area contributed by atoms with E-state index < -0.39 is 12.1 Å². The Morgan fingerprint density at radius 3 is 2.79 bits per heavy atom. The summed E-state index contributed by atoms with van der Waals surface area (Å²) < 4.78 is 13.5. The summed E-state index contributed by atoms with van der Waals surface area (Å²) in [5.41, 5.74) is 1.66. The molecule has 0 saturated heterocycles. The van der Waals surface area contributed by atoms with Crippen LogP contribution in [0.5, 0.6) is 0 Å². The second kappa shape index (κ2) is 4.66. The Labute approximate surface area is 113 Å². The number of fused-ring (bicyclic) bond motifs is 1. The Bertz CT molecular complexity index is 611. The van der Waals surface area contributed by atoms with Crippen LogP contribution < -0.4 is 0 Å². The average Bonchev–Trinajstić information content (AvgIpc) is 2.78. The zero-order chi connectivity index (χ0) is 13.4. The van der Waals surface area contributed by atoms with Crippen LogP contribution in [0, 0.1) is 5.13 Å². The Morgan fingerprint density at radius 1 is 1.37 bits per heavy atom. The molecule has 3 rings (SSSR count). The Balaban J connectivity index is 2.12. The van der Waals surface area contributed by atoms with Gasteiger partial charge in [-0.25, -0.2) is 4.79 Å². The molecule has 1 aliphatic rings. The number of carbonyl (C=O) groups is 1. The summed E-state index contributed by atoms with van der Waals surface area (Å²) >= 11 is 1.12. The molecule has 1 N–H and O–H groups in total. The van der Waals surface area contributed by atoms with Crippen molar-refractivity contribution in [2.75, 3.05) is 6.54 Å². The normalized spacial score (nSPS) is 18.2. The maximum Gasteiger partial charge on any atom is 0.408 e. The SMILES string of the molecule is O=C(O)N1CCc2sc(F)cc2C1c1ccccc1. The van der Waals surface area contributed by atoms with Gasteiger partial charge in [-0.15, -0.1) is 11.3 Å². The molecule has 19 heavy (non-hydrogen) atoms. The second-order valence-electron chi connectivity index (χ2n) is 4.47. The van der Waals surface area contributed by atoms with Crippen LogP contribution in [0.25, 0.3) is 0 Å². The van der Waals surface area contributed by atoms with E-state index in [1.54, 1.807) is 0 Å². The fraction of sp³-hybridized carbons (Fsp3) is 0.214. The fourth-order valence-electron chi connectivity index (χ4n) is 2.56. The molecule has 0 fully saturated rings. The molecule has 0 spiro atoms. The minimum atomic E-state index is -0.967. The van der Waals surface area contributed by atoms with Gasteiger partial charge in [-0.05, 0) is 17.2 Å². The standard InChI is InChI=1S/C14H12FNO2S/c15-12-8-10-11(19-12)6-7-16(14(17)18)13(10)9-4-2-1-3-5-9/h1-5,8,13H,6-7H2,(H,17,18). The maximum absolute atomic E-state index is 13.5. The van der Waals surface area contributed by atoms with E-state index in [1.165, 1.54) is 11.0 Å². The lowest BCUT2D eigenvalue weighted by Crippen LogP contribution is -2.39. The van der Waals surface area contributed by atoms with E-state index in [0.29, 0.717) is 13.0 Å². The van der Waals surface area contributed by atoms with Crippen LogP contribution >= 0.6 is 11.3 Å². The summed E-state index contributed by atoms with van der Waals surface area (Å²) in [6.45, 7) is 0.405. The molecule has 0 aliphatic carbocycles. The molecular weight excluding hydrogens is 265 g/mol. The number of thiophene rings is 1. The van der Waals surface area contributed by atoms with Crippen LogP contribution in [0.4, 0.5) is 9.18 Å². The van der Waals surface area contributed by atoms with Crippen molar-refractivity contribution in [1.29, 1.82) is 0 Å². The minimum Gasteiger partial charge on any atom is -0.465 e. The van der Waals surface area contributed by atoms with Crippen LogP contribution in [0.2, 0.25) is 0 Å². The summed E-state index contributed by atoms with van der Waals surface area (Å²) in [5, 5.41) is 9.09. The van der Waals surface area contributed by atoms with Crippen molar-refractivity contribution in [3.05, 3.63) is 57.5 Å². The first kappa shape index (κ1) is 12.2. The molecule has 0 saturated carbocycles. The number of hydrogen-bond donors (Lipinski definition) is 1. The van der Waals surface area contributed by atoms with E-state index in [0.717, 1.165) is 27.3 Å². The Kier molecular flexibility index (Phi) is 2.98. The molecular formula is C14H12FNO2S. The highest BCUT2D eigenvalue weighted by Crippen LogP contribution is 2.38. The zero-order valence-electron chi connectivity index (χ0n) is 10.0. The predicted octanol–water partition coefficient (Wildman–Crippen LogP) is 3.51. The van der Waals surface area contributed by atoms with Gasteiger partial charge >= 0.3 is 6.09 Å². The first-order chi connectivity index (χ1) is 9.16. The van der Waals surface area contributed by atoms with Crippen LogP contribution in [-0.2, 0) is 6.42 Å². The lowest BCUT2D eigenvalue weighted by Gasteiger charge is -2.34. The molecule has 1 atom stereocenters. The number of carboxylic acid groups (broad SMARTS) is 1. The van der Waals surface area contributed by atoms with Crippen LogP contribution in [0.15, 0.2) is 36.4 Å². The van der Waals surface area contributed by atoms with Gasteiger partial charge in [0, 0.05) is 17.8 Å².